The molecule has 6 heteroatoms. The SMILES string of the molecule is CC(C)c1cc2c3c(cccc3c1)C(=O)N(C(C)CCC(=O)NC=O)C2=O. The van der Waals surface area contributed by atoms with Gasteiger partial charge in [0, 0.05) is 29.0 Å². The van der Waals surface area contributed by atoms with Crippen molar-refractivity contribution < 1.29 is 19.2 Å². The molecule has 1 N–H and O–H groups in total. The van der Waals surface area contributed by atoms with E-state index in [-0.39, 0.29) is 30.6 Å². The van der Waals surface area contributed by atoms with Crippen LogP contribution in [-0.2, 0) is 9.59 Å². The molecule has 0 fully saturated rings. The van der Waals surface area contributed by atoms with Crippen molar-refractivity contribution >= 4 is 34.9 Å². The van der Waals surface area contributed by atoms with Crippen LogP contribution in [0, 0.1) is 0 Å². The summed E-state index contributed by atoms with van der Waals surface area (Å²) in [4.78, 5) is 49.3. The van der Waals surface area contributed by atoms with Gasteiger partial charge in [0.1, 0.15) is 0 Å². The average Bonchev–Trinajstić information content (AvgIpc) is 2.64. The fourth-order valence-electron chi connectivity index (χ4n) is 3.49. The Bertz CT molecular complexity index is 949. The van der Waals surface area contributed by atoms with Gasteiger partial charge in [-0.1, -0.05) is 32.0 Å². The third-order valence-corrected chi connectivity index (χ3v) is 5.01. The largest absolute Gasteiger partial charge is 0.299 e. The van der Waals surface area contributed by atoms with Gasteiger partial charge in [-0.2, -0.15) is 0 Å². The van der Waals surface area contributed by atoms with Crippen LogP contribution in [0.15, 0.2) is 30.3 Å². The first-order valence-electron chi connectivity index (χ1n) is 9.02. The molecule has 4 amide bonds. The minimum absolute atomic E-state index is 0.0556. The van der Waals surface area contributed by atoms with Gasteiger partial charge < -0.3 is 0 Å². The van der Waals surface area contributed by atoms with Gasteiger partial charge >= 0.3 is 0 Å². The monoisotopic (exact) mass is 366 g/mol. The molecule has 3 rings (SSSR count). The van der Waals surface area contributed by atoms with Crippen molar-refractivity contribution in [2.45, 2.75) is 45.6 Å². The number of benzene rings is 2. The number of amides is 4. The van der Waals surface area contributed by atoms with Crippen LogP contribution in [0.25, 0.3) is 10.8 Å². The maximum atomic E-state index is 13.1. The maximum absolute atomic E-state index is 13.1. The molecule has 140 valence electrons. The van der Waals surface area contributed by atoms with E-state index in [2.05, 4.69) is 19.2 Å². The van der Waals surface area contributed by atoms with E-state index >= 15 is 0 Å². The third kappa shape index (κ3) is 3.35. The molecule has 1 aliphatic heterocycles. The smallest absolute Gasteiger partial charge is 0.261 e. The fraction of sp³-hybridized carbons (Fsp3) is 0.333. The van der Waals surface area contributed by atoms with E-state index in [1.807, 2.05) is 24.3 Å². The molecule has 0 saturated heterocycles. The van der Waals surface area contributed by atoms with Gasteiger partial charge in [-0.3, -0.25) is 29.4 Å². The number of hydrogen-bond acceptors (Lipinski definition) is 4. The lowest BCUT2D eigenvalue weighted by Crippen LogP contribution is -2.46. The molecule has 1 unspecified atom stereocenters. The van der Waals surface area contributed by atoms with Gasteiger partial charge in [0.2, 0.25) is 12.3 Å². The number of carbonyl (C=O) groups is 4. The lowest BCUT2D eigenvalue weighted by molar-refractivity contribution is -0.125. The van der Waals surface area contributed by atoms with Crippen molar-refractivity contribution in [3.05, 3.63) is 47.0 Å². The molecule has 6 nitrogen and oxygen atoms in total. The first-order chi connectivity index (χ1) is 12.8. The van der Waals surface area contributed by atoms with Gasteiger partial charge in [0.15, 0.2) is 0 Å². The number of imide groups is 2. The van der Waals surface area contributed by atoms with Crippen LogP contribution in [0.2, 0.25) is 0 Å². The summed E-state index contributed by atoms with van der Waals surface area (Å²) in [5, 5.41) is 3.65. The predicted octanol–water partition coefficient (Wildman–Crippen LogP) is 3.00. The fourth-order valence-corrected chi connectivity index (χ4v) is 3.49. The van der Waals surface area contributed by atoms with Crippen molar-refractivity contribution in [2.24, 2.45) is 0 Å². The van der Waals surface area contributed by atoms with E-state index < -0.39 is 11.9 Å². The van der Waals surface area contributed by atoms with Crippen LogP contribution in [0.3, 0.4) is 0 Å². The van der Waals surface area contributed by atoms with Crippen LogP contribution < -0.4 is 5.32 Å². The van der Waals surface area contributed by atoms with E-state index in [9.17, 15) is 19.2 Å². The Balaban J connectivity index is 2.00. The number of nitrogens with one attached hydrogen (secondary N) is 1. The third-order valence-electron chi connectivity index (χ3n) is 5.01. The Morgan fingerprint density at radius 3 is 2.48 bits per heavy atom. The standard InChI is InChI=1S/C21H22N2O4/c1-12(2)15-9-14-5-4-6-16-19(14)17(10-15)21(27)23(20(16)26)13(3)7-8-18(25)22-11-24/h4-6,9-13H,7-8H2,1-3H3,(H,22,24,25). The van der Waals surface area contributed by atoms with E-state index in [4.69, 9.17) is 0 Å². The van der Waals surface area contributed by atoms with Gasteiger partial charge in [-0.05, 0) is 42.3 Å². The van der Waals surface area contributed by atoms with Crippen LogP contribution in [0.5, 0.6) is 0 Å². The van der Waals surface area contributed by atoms with E-state index in [0.717, 1.165) is 10.9 Å². The highest BCUT2D eigenvalue weighted by Gasteiger charge is 2.36. The lowest BCUT2D eigenvalue weighted by Gasteiger charge is -2.32. The van der Waals surface area contributed by atoms with Gasteiger partial charge in [0.05, 0.1) is 0 Å². The Morgan fingerprint density at radius 2 is 1.81 bits per heavy atom. The Morgan fingerprint density at radius 1 is 1.11 bits per heavy atom. The summed E-state index contributed by atoms with van der Waals surface area (Å²) in [5.41, 5.74) is 2.06. The zero-order chi connectivity index (χ0) is 19.7. The van der Waals surface area contributed by atoms with Crippen LogP contribution in [-0.4, -0.2) is 35.1 Å². The second-order valence-electron chi connectivity index (χ2n) is 7.18. The van der Waals surface area contributed by atoms with Crippen molar-refractivity contribution in [1.29, 1.82) is 0 Å². The topological polar surface area (TPSA) is 83.6 Å². The summed E-state index contributed by atoms with van der Waals surface area (Å²) < 4.78 is 0. The molecule has 2 aromatic rings. The molecule has 1 aliphatic rings. The zero-order valence-electron chi connectivity index (χ0n) is 15.6. The maximum Gasteiger partial charge on any atom is 0.261 e. The molecule has 0 aromatic heterocycles. The molecule has 1 atom stereocenters. The summed E-state index contributed by atoms with van der Waals surface area (Å²) >= 11 is 0. The quantitative estimate of drug-likeness (QED) is 0.629. The summed E-state index contributed by atoms with van der Waals surface area (Å²) in [7, 11) is 0. The van der Waals surface area contributed by atoms with Gasteiger partial charge in [-0.25, -0.2) is 0 Å². The Kier molecular flexibility index (Phi) is 5.08. The van der Waals surface area contributed by atoms with Crippen LogP contribution in [0.4, 0.5) is 0 Å². The number of carbonyl (C=O) groups excluding carboxylic acids is 4. The highest BCUT2D eigenvalue weighted by molar-refractivity contribution is 6.25. The second-order valence-corrected chi connectivity index (χ2v) is 7.18. The number of hydrogen-bond donors (Lipinski definition) is 1. The van der Waals surface area contributed by atoms with Crippen molar-refractivity contribution in [1.82, 2.24) is 10.2 Å². The first kappa shape index (κ1) is 18.8. The summed E-state index contributed by atoms with van der Waals surface area (Å²) in [6.45, 7) is 5.85. The first-order valence-corrected chi connectivity index (χ1v) is 9.02. The second kappa shape index (κ2) is 7.31. The summed E-state index contributed by atoms with van der Waals surface area (Å²) in [6, 6.07) is 8.89. The predicted molar refractivity (Wildman–Crippen MR) is 101 cm³/mol. The molecule has 2 aromatic carbocycles. The lowest BCUT2D eigenvalue weighted by atomic mass is 9.88. The number of nitrogens with zero attached hydrogens (tertiary/aromatic N) is 1. The molecule has 0 spiro atoms. The minimum Gasteiger partial charge on any atom is -0.299 e. The molecule has 27 heavy (non-hydrogen) atoms. The van der Waals surface area contributed by atoms with Gasteiger partial charge in [-0.15, -0.1) is 0 Å². The molecule has 0 aliphatic carbocycles. The zero-order valence-corrected chi connectivity index (χ0v) is 15.6. The average molecular weight is 366 g/mol. The summed E-state index contributed by atoms with van der Waals surface area (Å²) in [5.74, 6) is -0.871. The van der Waals surface area contributed by atoms with Crippen LogP contribution >= 0.6 is 0 Å². The minimum atomic E-state index is -0.464. The van der Waals surface area contributed by atoms with Crippen molar-refractivity contribution in [3.8, 4) is 0 Å². The molecule has 0 radical (unpaired) electrons. The van der Waals surface area contributed by atoms with Gasteiger partial charge in [0.25, 0.3) is 11.8 Å². The molecular formula is C21H22N2O4. The van der Waals surface area contributed by atoms with Crippen molar-refractivity contribution in [2.75, 3.05) is 0 Å². The van der Waals surface area contributed by atoms with Crippen molar-refractivity contribution in [3.63, 3.8) is 0 Å². The molecular weight excluding hydrogens is 344 g/mol. The van der Waals surface area contributed by atoms with E-state index in [0.29, 0.717) is 22.9 Å². The Labute approximate surface area is 157 Å². The molecule has 0 bridgehead atoms. The molecule has 0 saturated carbocycles. The summed E-state index contributed by atoms with van der Waals surface area (Å²) in [6.07, 6.45) is 0.668. The van der Waals surface area contributed by atoms with E-state index in [1.165, 1.54) is 4.90 Å². The normalized spacial score (nSPS) is 14.6. The number of rotatable bonds is 6. The Hall–Kier alpha value is -3.02. The molecule has 1 heterocycles. The van der Waals surface area contributed by atoms with Crippen LogP contribution in [0.1, 0.15) is 65.8 Å². The highest BCUT2D eigenvalue weighted by atomic mass is 16.2. The highest BCUT2D eigenvalue weighted by Crippen LogP contribution is 2.34. The van der Waals surface area contributed by atoms with E-state index in [1.54, 1.807) is 13.0 Å².